The van der Waals surface area contributed by atoms with E-state index >= 15 is 0 Å². The molecule has 0 unspecified atom stereocenters. The fraction of sp³-hybridized carbons (Fsp3) is 0.409. The fourth-order valence-corrected chi connectivity index (χ4v) is 3.81. The molecule has 1 N–H and O–H groups in total. The van der Waals surface area contributed by atoms with Gasteiger partial charge in [0, 0.05) is 12.6 Å². The van der Waals surface area contributed by atoms with Gasteiger partial charge in [0.2, 0.25) is 0 Å². The number of ether oxygens (including phenoxy) is 1. The van der Waals surface area contributed by atoms with Gasteiger partial charge in [-0.25, -0.2) is 4.98 Å². The molecule has 8 heteroatoms. The number of rotatable bonds is 7. The maximum Gasteiger partial charge on any atom is 0.277 e. The van der Waals surface area contributed by atoms with E-state index in [1.807, 2.05) is 60.0 Å². The SMILES string of the molecule is Cc1cc(CN(CC[NH+]2CCOCC2)C(=O)c2ncoc2-c2ccccc2)n(C)n1. The Balaban J connectivity index is 1.57. The fourth-order valence-electron chi connectivity index (χ4n) is 3.81. The molecule has 1 aliphatic rings. The number of quaternary nitrogens is 1. The van der Waals surface area contributed by atoms with E-state index in [-0.39, 0.29) is 5.91 Å². The second kappa shape index (κ2) is 9.23. The van der Waals surface area contributed by atoms with Crippen molar-refractivity contribution in [3.63, 3.8) is 0 Å². The molecule has 1 fully saturated rings. The Kier molecular flexibility index (Phi) is 6.25. The summed E-state index contributed by atoms with van der Waals surface area (Å²) in [6.07, 6.45) is 1.34. The molecule has 3 aromatic rings. The van der Waals surface area contributed by atoms with Crippen LogP contribution in [0.3, 0.4) is 0 Å². The highest BCUT2D eigenvalue weighted by Crippen LogP contribution is 2.24. The minimum absolute atomic E-state index is 0.130. The average Bonchev–Trinajstić information content (AvgIpc) is 3.38. The molecular formula is C22H28N5O3+. The van der Waals surface area contributed by atoms with Crippen LogP contribution in [0.15, 0.2) is 47.2 Å². The van der Waals surface area contributed by atoms with E-state index in [0.29, 0.717) is 24.5 Å². The zero-order valence-electron chi connectivity index (χ0n) is 17.5. The van der Waals surface area contributed by atoms with Gasteiger partial charge < -0.3 is 19.0 Å². The predicted molar refractivity (Wildman–Crippen MR) is 111 cm³/mol. The van der Waals surface area contributed by atoms with E-state index in [9.17, 15) is 4.79 Å². The third-order valence-electron chi connectivity index (χ3n) is 5.48. The second-order valence-corrected chi connectivity index (χ2v) is 7.64. The number of hydrogen-bond donors (Lipinski definition) is 1. The quantitative estimate of drug-likeness (QED) is 0.627. The highest BCUT2D eigenvalue weighted by atomic mass is 16.5. The predicted octanol–water partition coefficient (Wildman–Crippen LogP) is 0.941. The van der Waals surface area contributed by atoms with Gasteiger partial charge in [0.05, 0.1) is 44.2 Å². The molecule has 1 amide bonds. The number of amides is 1. The Labute approximate surface area is 176 Å². The minimum atomic E-state index is -0.130. The second-order valence-electron chi connectivity index (χ2n) is 7.64. The van der Waals surface area contributed by atoms with Crippen LogP contribution in [0.25, 0.3) is 11.3 Å². The number of nitrogens with zero attached hydrogens (tertiary/aromatic N) is 4. The summed E-state index contributed by atoms with van der Waals surface area (Å²) in [6, 6.07) is 11.6. The van der Waals surface area contributed by atoms with E-state index in [4.69, 9.17) is 9.15 Å². The number of aryl methyl sites for hydroxylation is 2. The van der Waals surface area contributed by atoms with Crippen molar-refractivity contribution >= 4 is 5.91 Å². The van der Waals surface area contributed by atoms with Crippen LogP contribution in [0.5, 0.6) is 0 Å². The molecule has 0 radical (unpaired) electrons. The van der Waals surface area contributed by atoms with Gasteiger partial charge >= 0.3 is 0 Å². The van der Waals surface area contributed by atoms with Crippen LogP contribution in [0.4, 0.5) is 0 Å². The summed E-state index contributed by atoms with van der Waals surface area (Å²) in [5, 5.41) is 4.42. The zero-order valence-corrected chi connectivity index (χ0v) is 17.5. The molecule has 0 atom stereocenters. The van der Waals surface area contributed by atoms with Gasteiger partial charge in [-0.2, -0.15) is 5.10 Å². The lowest BCUT2D eigenvalue weighted by Crippen LogP contribution is -3.14. The Hall–Kier alpha value is -2.97. The van der Waals surface area contributed by atoms with Crippen LogP contribution < -0.4 is 4.90 Å². The first-order chi connectivity index (χ1) is 14.6. The van der Waals surface area contributed by atoms with E-state index in [1.165, 1.54) is 11.3 Å². The van der Waals surface area contributed by atoms with Crippen LogP contribution in [-0.4, -0.2) is 65.0 Å². The first kappa shape index (κ1) is 20.3. The van der Waals surface area contributed by atoms with Crippen molar-refractivity contribution in [2.24, 2.45) is 7.05 Å². The summed E-state index contributed by atoms with van der Waals surface area (Å²) in [5.41, 5.74) is 3.11. The van der Waals surface area contributed by atoms with Crippen molar-refractivity contribution in [3.05, 3.63) is 59.9 Å². The molecule has 2 aromatic heterocycles. The third-order valence-corrected chi connectivity index (χ3v) is 5.48. The van der Waals surface area contributed by atoms with Crippen LogP contribution in [0.1, 0.15) is 21.9 Å². The molecule has 0 aliphatic carbocycles. The van der Waals surface area contributed by atoms with E-state index < -0.39 is 0 Å². The maximum atomic E-state index is 13.5. The van der Waals surface area contributed by atoms with Crippen molar-refractivity contribution in [2.45, 2.75) is 13.5 Å². The first-order valence-electron chi connectivity index (χ1n) is 10.3. The van der Waals surface area contributed by atoms with Crippen molar-refractivity contribution in [1.82, 2.24) is 19.7 Å². The summed E-state index contributed by atoms with van der Waals surface area (Å²) >= 11 is 0. The van der Waals surface area contributed by atoms with Crippen molar-refractivity contribution in [1.29, 1.82) is 0 Å². The topological polar surface area (TPSA) is 77.8 Å². The maximum absolute atomic E-state index is 13.5. The van der Waals surface area contributed by atoms with Crippen molar-refractivity contribution < 1.29 is 18.8 Å². The smallest absolute Gasteiger partial charge is 0.277 e. The lowest BCUT2D eigenvalue weighted by atomic mass is 10.1. The molecule has 158 valence electrons. The van der Waals surface area contributed by atoms with Gasteiger partial charge in [-0.3, -0.25) is 9.48 Å². The Morgan fingerprint density at radius 2 is 2.00 bits per heavy atom. The number of benzene rings is 1. The summed E-state index contributed by atoms with van der Waals surface area (Å²) in [5.74, 6) is 0.375. The van der Waals surface area contributed by atoms with E-state index in [2.05, 4.69) is 10.1 Å². The zero-order chi connectivity index (χ0) is 20.9. The lowest BCUT2D eigenvalue weighted by molar-refractivity contribution is -0.907. The van der Waals surface area contributed by atoms with Crippen molar-refractivity contribution in [3.8, 4) is 11.3 Å². The summed E-state index contributed by atoms with van der Waals surface area (Å²) in [6.45, 7) is 7.39. The number of oxazole rings is 1. The van der Waals surface area contributed by atoms with Gasteiger partial charge in [-0.1, -0.05) is 30.3 Å². The number of aromatic nitrogens is 3. The first-order valence-corrected chi connectivity index (χ1v) is 10.3. The normalized spacial score (nSPS) is 14.7. The molecule has 0 spiro atoms. The Morgan fingerprint density at radius 3 is 2.70 bits per heavy atom. The highest BCUT2D eigenvalue weighted by Gasteiger charge is 2.26. The molecular weight excluding hydrogens is 382 g/mol. The van der Waals surface area contributed by atoms with Gasteiger partial charge in [0.15, 0.2) is 17.8 Å². The van der Waals surface area contributed by atoms with Gasteiger partial charge in [0.1, 0.15) is 13.1 Å². The molecule has 0 saturated carbocycles. The van der Waals surface area contributed by atoms with Gasteiger partial charge in [-0.15, -0.1) is 0 Å². The molecule has 8 nitrogen and oxygen atoms in total. The molecule has 1 aliphatic heterocycles. The Morgan fingerprint density at radius 1 is 1.23 bits per heavy atom. The minimum Gasteiger partial charge on any atom is -0.443 e. The molecule has 1 saturated heterocycles. The summed E-state index contributed by atoms with van der Waals surface area (Å²) in [4.78, 5) is 21.1. The molecule has 30 heavy (non-hydrogen) atoms. The monoisotopic (exact) mass is 410 g/mol. The average molecular weight is 410 g/mol. The van der Waals surface area contributed by atoms with Crippen LogP contribution in [0.2, 0.25) is 0 Å². The van der Waals surface area contributed by atoms with E-state index in [1.54, 1.807) is 0 Å². The largest absolute Gasteiger partial charge is 0.443 e. The van der Waals surface area contributed by atoms with Crippen LogP contribution in [-0.2, 0) is 18.3 Å². The molecule has 1 aromatic carbocycles. The van der Waals surface area contributed by atoms with E-state index in [0.717, 1.165) is 49.8 Å². The summed E-state index contributed by atoms with van der Waals surface area (Å²) in [7, 11) is 1.91. The number of hydrogen-bond acceptors (Lipinski definition) is 5. The molecule has 3 heterocycles. The van der Waals surface area contributed by atoms with Crippen molar-refractivity contribution in [2.75, 3.05) is 39.4 Å². The Bertz CT molecular complexity index is 976. The lowest BCUT2D eigenvalue weighted by Gasteiger charge is -2.27. The standard InChI is InChI=1S/C22H27N5O3/c1-17-14-19(25(2)24-17)15-27(9-8-26-10-12-29-13-11-26)22(28)20-21(30-16-23-20)18-6-4-3-5-7-18/h3-7,14,16H,8-13,15H2,1-2H3/p+1. The number of morpholine rings is 1. The molecule has 4 rings (SSSR count). The number of carbonyl (C=O) groups excluding carboxylic acids is 1. The number of nitrogens with one attached hydrogen (secondary N) is 1. The third kappa shape index (κ3) is 4.60. The van der Waals surface area contributed by atoms with Crippen LogP contribution >= 0.6 is 0 Å². The highest BCUT2D eigenvalue weighted by molar-refractivity contribution is 5.97. The van der Waals surface area contributed by atoms with Crippen LogP contribution in [0, 0.1) is 6.92 Å². The van der Waals surface area contributed by atoms with Gasteiger partial charge in [0.25, 0.3) is 5.91 Å². The molecule has 0 bridgehead atoms. The van der Waals surface area contributed by atoms with Gasteiger partial charge in [-0.05, 0) is 13.0 Å². The summed E-state index contributed by atoms with van der Waals surface area (Å²) < 4.78 is 12.9. The number of carbonyl (C=O) groups is 1.